The molecule has 4 rings (SSSR count). The van der Waals surface area contributed by atoms with Crippen molar-refractivity contribution in [1.29, 1.82) is 0 Å². The molecule has 0 bridgehead atoms. The summed E-state index contributed by atoms with van der Waals surface area (Å²) in [6.07, 6.45) is 4.58. The first kappa shape index (κ1) is 23.3. The van der Waals surface area contributed by atoms with Crippen LogP contribution in [0.4, 0.5) is 5.69 Å². The van der Waals surface area contributed by atoms with Gasteiger partial charge in [-0.2, -0.15) is 8.42 Å². The topological polar surface area (TPSA) is 95.9 Å². The van der Waals surface area contributed by atoms with Gasteiger partial charge in [0.25, 0.3) is 10.0 Å². The van der Waals surface area contributed by atoms with Crippen LogP contribution in [0.5, 0.6) is 0 Å². The van der Waals surface area contributed by atoms with Gasteiger partial charge in [-0.1, -0.05) is 48.7 Å². The second kappa shape index (κ2) is 9.94. The number of hydrogen-bond donors (Lipinski definition) is 1. The molecule has 2 aliphatic rings. The molecule has 11 heteroatoms. The molecule has 2 aromatic rings. The maximum atomic E-state index is 13.3. The zero-order chi connectivity index (χ0) is 22.7. The minimum absolute atomic E-state index is 0.0760. The van der Waals surface area contributed by atoms with Gasteiger partial charge in [0.2, 0.25) is 11.8 Å². The van der Waals surface area contributed by atoms with E-state index >= 15 is 0 Å². The van der Waals surface area contributed by atoms with Gasteiger partial charge in [-0.25, -0.2) is 0 Å². The fourth-order valence-electron chi connectivity index (χ4n) is 3.83. The first-order valence-electron chi connectivity index (χ1n) is 10.3. The molecule has 32 heavy (non-hydrogen) atoms. The Morgan fingerprint density at radius 2 is 1.88 bits per heavy atom. The van der Waals surface area contributed by atoms with Crippen LogP contribution in [0.15, 0.2) is 50.4 Å². The maximum absolute atomic E-state index is 13.3. The molecule has 2 amide bonds. The molecule has 1 N–H and O–H groups in total. The molecule has 0 unspecified atom stereocenters. The van der Waals surface area contributed by atoms with Gasteiger partial charge < -0.3 is 5.32 Å². The highest BCUT2D eigenvalue weighted by molar-refractivity contribution is 8.16. The number of thioether (sulfide) groups is 1. The van der Waals surface area contributed by atoms with E-state index in [-0.39, 0.29) is 33.7 Å². The number of nitrogens with one attached hydrogen (secondary N) is 1. The van der Waals surface area contributed by atoms with Crippen molar-refractivity contribution in [3.63, 3.8) is 0 Å². The molecule has 1 aromatic heterocycles. The Morgan fingerprint density at radius 1 is 1.16 bits per heavy atom. The maximum Gasteiger partial charge on any atom is 0.294 e. The molecule has 0 spiro atoms. The molecule has 170 valence electrons. The monoisotopic (exact) mass is 511 g/mol. The van der Waals surface area contributed by atoms with E-state index in [0.717, 1.165) is 55.2 Å². The van der Waals surface area contributed by atoms with E-state index in [1.54, 1.807) is 35.7 Å². The molecule has 1 saturated carbocycles. The summed E-state index contributed by atoms with van der Waals surface area (Å²) in [6.45, 7) is 0. The summed E-state index contributed by atoms with van der Waals surface area (Å²) >= 11 is 8.01. The number of hydrogen-bond acceptors (Lipinski definition) is 6. The highest BCUT2D eigenvalue weighted by atomic mass is 35.5. The number of halogens is 1. The van der Waals surface area contributed by atoms with E-state index < -0.39 is 15.3 Å². The van der Waals surface area contributed by atoms with Gasteiger partial charge in [-0.05, 0) is 48.6 Å². The first-order valence-corrected chi connectivity index (χ1v) is 13.8. The number of rotatable bonds is 6. The summed E-state index contributed by atoms with van der Waals surface area (Å²) in [5.74, 6) is -0.586. The summed E-state index contributed by atoms with van der Waals surface area (Å²) in [5.41, 5.74) is 0.577. The molecular weight excluding hydrogens is 490 g/mol. The summed E-state index contributed by atoms with van der Waals surface area (Å²) in [4.78, 5) is 27.4. The molecule has 0 radical (unpaired) electrons. The Labute approximate surface area is 200 Å². The van der Waals surface area contributed by atoms with Gasteiger partial charge in [0, 0.05) is 23.2 Å². The quantitative estimate of drug-likeness (QED) is 0.603. The minimum Gasteiger partial charge on any atom is -0.326 e. The van der Waals surface area contributed by atoms with E-state index in [0.29, 0.717) is 10.7 Å². The van der Waals surface area contributed by atoms with E-state index in [2.05, 4.69) is 9.71 Å². The lowest BCUT2D eigenvalue weighted by atomic mass is 9.94. The Morgan fingerprint density at radius 3 is 2.53 bits per heavy atom. The lowest BCUT2D eigenvalue weighted by Gasteiger charge is -2.30. The predicted molar refractivity (Wildman–Crippen MR) is 129 cm³/mol. The Kier molecular flexibility index (Phi) is 7.24. The summed E-state index contributed by atoms with van der Waals surface area (Å²) in [6, 6.07) is 9.73. The van der Waals surface area contributed by atoms with Crippen molar-refractivity contribution < 1.29 is 18.0 Å². The molecule has 1 aliphatic heterocycles. The van der Waals surface area contributed by atoms with Crippen LogP contribution in [0.3, 0.4) is 0 Å². The van der Waals surface area contributed by atoms with Crippen LogP contribution >= 0.6 is 34.7 Å². The number of amides is 2. The number of benzene rings is 1. The van der Waals surface area contributed by atoms with E-state index in [9.17, 15) is 18.0 Å². The molecule has 2 fully saturated rings. The molecule has 1 aromatic carbocycles. The molecule has 2 heterocycles. The third kappa shape index (κ3) is 5.36. The van der Waals surface area contributed by atoms with Gasteiger partial charge >= 0.3 is 0 Å². The highest BCUT2D eigenvalue weighted by Gasteiger charge is 2.43. The standard InChI is InChI=1S/C21H22ClN3O4S3/c22-14-8-10-15(11-9-14)23-18(26)13-17-20(27)25(16-5-2-1-3-6-16)21(31-17)24-32(28,29)19-7-4-12-30-19/h4,7-12,16-17H,1-3,5-6,13H2,(H,23,26)/t17-/m1/s1. The van der Waals surface area contributed by atoms with Gasteiger partial charge in [-0.3, -0.25) is 14.5 Å². The van der Waals surface area contributed by atoms with Crippen LogP contribution in [0.25, 0.3) is 0 Å². The number of thiophene rings is 1. The zero-order valence-corrected chi connectivity index (χ0v) is 20.3. The Bertz CT molecular complexity index is 1110. The second-order valence-electron chi connectivity index (χ2n) is 7.65. The largest absolute Gasteiger partial charge is 0.326 e. The van der Waals surface area contributed by atoms with Gasteiger partial charge in [-0.15, -0.1) is 15.7 Å². The lowest BCUT2D eigenvalue weighted by Crippen LogP contribution is -2.42. The van der Waals surface area contributed by atoms with Gasteiger partial charge in [0.05, 0.1) is 0 Å². The van der Waals surface area contributed by atoms with Crippen LogP contribution in [0.1, 0.15) is 38.5 Å². The Hall–Kier alpha value is -1.88. The minimum atomic E-state index is -3.92. The Balaban J connectivity index is 1.55. The average molecular weight is 512 g/mol. The number of amidine groups is 1. The third-order valence-electron chi connectivity index (χ3n) is 5.35. The molecule has 1 atom stereocenters. The van der Waals surface area contributed by atoms with Crippen molar-refractivity contribution in [2.45, 2.75) is 54.0 Å². The van der Waals surface area contributed by atoms with Crippen molar-refractivity contribution in [2.24, 2.45) is 4.40 Å². The summed E-state index contributed by atoms with van der Waals surface area (Å²) in [5, 5.41) is 4.43. The van der Waals surface area contributed by atoms with Gasteiger partial charge in [0.1, 0.15) is 9.46 Å². The SMILES string of the molecule is O=C(C[C@H]1SC(=NS(=O)(=O)c2cccs2)N(C2CCCCC2)C1=O)Nc1ccc(Cl)cc1. The van der Waals surface area contributed by atoms with E-state index in [1.807, 2.05) is 0 Å². The van der Waals surface area contributed by atoms with Crippen LogP contribution in [0.2, 0.25) is 5.02 Å². The number of anilines is 1. The smallest absolute Gasteiger partial charge is 0.294 e. The highest BCUT2D eigenvalue weighted by Crippen LogP contribution is 2.36. The number of carbonyl (C=O) groups excluding carboxylic acids is 2. The third-order valence-corrected chi connectivity index (χ3v) is 9.51. The van der Waals surface area contributed by atoms with Crippen molar-refractivity contribution >= 4 is 67.4 Å². The predicted octanol–water partition coefficient (Wildman–Crippen LogP) is 4.75. The second-order valence-corrected chi connectivity index (χ2v) is 12.0. The molecule has 1 aliphatic carbocycles. The fourth-order valence-corrected chi connectivity index (χ4v) is 7.32. The molecule has 7 nitrogen and oxygen atoms in total. The van der Waals surface area contributed by atoms with Crippen molar-refractivity contribution in [3.8, 4) is 0 Å². The molecular formula is C21H22ClN3O4S3. The van der Waals surface area contributed by atoms with Crippen molar-refractivity contribution in [1.82, 2.24) is 4.90 Å². The van der Waals surface area contributed by atoms with Crippen LogP contribution in [-0.4, -0.2) is 41.6 Å². The van der Waals surface area contributed by atoms with E-state index in [4.69, 9.17) is 11.6 Å². The van der Waals surface area contributed by atoms with Crippen LogP contribution in [0, 0.1) is 0 Å². The number of nitrogens with zero attached hydrogens (tertiary/aromatic N) is 2. The van der Waals surface area contributed by atoms with Crippen LogP contribution in [-0.2, 0) is 19.6 Å². The number of carbonyl (C=O) groups is 2. The van der Waals surface area contributed by atoms with Gasteiger partial charge in [0.15, 0.2) is 5.17 Å². The van der Waals surface area contributed by atoms with Crippen molar-refractivity contribution in [2.75, 3.05) is 5.32 Å². The normalized spacial score (nSPS) is 21.3. The fraction of sp³-hybridized carbons (Fsp3) is 0.381. The number of sulfonamides is 1. The van der Waals surface area contributed by atoms with E-state index in [1.165, 1.54) is 11.0 Å². The zero-order valence-electron chi connectivity index (χ0n) is 17.1. The van der Waals surface area contributed by atoms with Crippen molar-refractivity contribution in [3.05, 3.63) is 46.8 Å². The first-order chi connectivity index (χ1) is 15.3. The summed E-state index contributed by atoms with van der Waals surface area (Å²) in [7, 11) is -3.92. The molecule has 1 saturated heterocycles. The summed E-state index contributed by atoms with van der Waals surface area (Å²) < 4.78 is 29.7. The van der Waals surface area contributed by atoms with Crippen LogP contribution < -0.4 is 5.32 Å². The lowest BCUT2D eigenvalue weighted by molar-refractivity contribution is -0.130. The average Bonchev–Trinajstić information content (AvgIpc) is 3.40.